The van der Waals surface area contributed by atoms with Gasteiger partial charge in [0.25, 0.3) is 0 Å². The third-order valence-corrected chi connectivity index (χ3v) is 8.16. The predicted molar refractivity (Wildman–Crippen MR) is 181 cm³/mol. The Labute approximate surface area is 274 Å². The molecule has 6 aromatic carbocycles. The van der Waals surface area contributed by atoms with Crippen LogP contribution in [-0.2, 0) is 0 Å². The van der Waals surface area contributed by atoms with Crippen LogP contribution >= 0.6 is 0 Å². The Hall–Kier alpha value is -6.80. The maximum absolute atomic E-state index is 11.8. The minimum absolute atomic E-state index is 0.274. The molecule has 0 aliphatic carbocycles. The lowest BCUT2D eigenvalue weighted by Gasteiger charge is -2.13. The van der Waals surface area contributed by atoms with Crippen molar-refractivity contribution in [1.82, 2.24) is 0 Å². The zero-order chi connectivity index (χ0) is 33.9. The van der Waals surface area contributed by atoms with E-state index >= 15 is 0 Å². The van der Waals surface area contributed by atoms with E-state index in [4.69, 9.17) is 0 Å². The van der Waals surface area contributed by atoms with Crippen LogP contribution < -0.4 is 0 Å². The van der Waals surface area contributed by atoms with Crippen LogP contribution in [0.1, 0.15) is 41.4 Å². The van der Waals surface area contributed by atoms with Crippen LogP contribution in [0.2, 0.25) is 0 Å². The fourth-order valence-electron chi connectivity index (χ4n) is 5.81. The molecule has 0 amide bonds. The standard InChI is InChI=1S/C40H26O8/c41-37(42)33-19-17-27(21-35(33)39(45)46)31-7-3-1-5-29(31)25-13-9-23(10-14-25)24-11-15-26(16-12-24)30-6-2-4-8-32(30)28-18-20-34(38(43)44)36(22-28)40(47)48/h1-22H,(H,41,42)(H,43,44)(H,45,46)(H,47,48). The first-order valence-electron chi connectivity index (χ1n) is 14.7. The molecule has 0 saturated carbocycles. The van der Waals surface area contributed by atoms with Gasteiger partial charge in [0.15, 0.2) is 0 Å². The van der Waals surface area contributed by atoms with E-state index in [9.17, 15) is 39.6 Å². The SMILES string of the molecule is O=C(O)c1ccc(-c2ccccc2-c2ccc(-c3ccc(-c4ccccc4-c4ccc(C(=O)O)c(C(=O)O)c4)cc3)cc2)cc1C(=O)O. The number of carboxylic acids is 4. The van der Waals surface area contributed by atoms with E-state index in [1.165, 1.54) is 24.3 Å². The summed E-state index contributed by atoms with van der Waals surface area (Å²) in [6.45, 7) is 0. The van der Waals surface area contributed by atoms with E-state index in [2.05, 4.69) is 0 Å². The van der Waals surface area contributed by atoms with Crippen LogP contribution in [-0.4, -0.2) is 44.3 Å². The average molecular weight is 635 g/mol. The molecule has 6 rings (SSSR count). The van der Waals surface area contributed by atoms with Crippen molar-refractivity contribution >= 4 is 23.9 Å². The Morgan fingerprint density at radius 3 is 0.833 bits per heavy atom. The van der Waals surface area contributed by atoms with Gasteiger partial charge in [-0.25, -0.2) is 19.2 Å². The highest BCUT2D eigenvalue weighted by Crippen LogP contribution is 2.36. The molecule has 0 saturated heterocycles. The highest BCUT2D eigenvalue weighted by atomic mass is 16.4. The maximum Gasteiger partial charge on any atom is 0.336 e. The Balaban J connectivity index is 1.30. The lowest BCUT2D eigenvalue weighted by Crippen LogP contribution is -2.08. The number of hydrogen-bond acceptors (Lipinski definition) is 4. The summed E-state index contributed by atoms with van der Waals surface area (Å²) in [4.78, 5) is 46.6. The number of aromatic carboxylic acids is 4. The molecule has 8 heteroatoms. The van der Waals surface area contributed by atoms with Crippen LogP contribution in [0.4, 0.5) is 0 Å². The lowest BCUT2D eigenvalue weighted by molar-refractivity contribution is 0.0651. The van der Waals surface area contributed by atoms with Crippen molar-refractivity contribution in [2.45, 2.75) is 0 Å². The third kappa shape index (κ3) is 6.05. The topological polar surface area (TPSA) is 149 Å². The summed E-state index contributed by atoms with van der Waals surface area (Å²) in [5.74, 6) is -5.23. The number of carboxylic acid groups (broad SMARTS) is 4. The second kappa shape index (κ2) is 12.9. The smallest absolute Gasteiger partial charge is 0.336 e. The molecule has 48 heavy (non-hydrogen) atoms. The molecule has 0 radical (unpaired) electrons. The van der Waals surface area contributed by atoms with Crippen LogP contribution in [0.15, 0.2) is 133 Å². The zero-order valence-corrected chi connectivity index (χ0v) is 25.1. The van der Waals surface area contributed by atoms with Crippen LogP contribution in [0, 0.1) is 0 Å². The number of benzene rings is 6. The fourth-order valence-corrected chi connectivity index (χ4v) is 5.81. The first kappa shape index (κ1) is 31.2. The van der Waals surface area contributed by atoms with Gasteiger partial charge in [-0.1, -0.05) is 109 Å². The van der Waals surface area contributed by atoms with Gasteiger partial charge in [0, 0.05) is 0 Å². The first-order valence-corrected chi connectivity index (χ1v) is 14.7. The molecule has 6 aromatic rings. The maximum atomic E-state index is 11.8. The third-order valence-electron chi connectivity index (χ3n) is 8.16. The Kier molecular flexibility index (Phi) is 8.38. The second-order valence-electron chi connectivity index (χ2n) is 11.0. The van der Waals surface area contributed by atoms with Crippen molar-refractivity contribution < 1.29 is 39.6 Å². The van der Waals surface area contributed by atoms with Crippen molar-refractivity contribution in [2.24, 2.45) is 0 Å². The second-order valence-corrected chi connectivity index (χ2v) is 11.0. The zero-order valence-electron chi connectivity index (χ0n) is 25.1. The van der Waals surface area contributed by atoms with Crippen molar-refractivity contribution in [3.05, 3.63) is 156 Å². The molecule has 0 heterocycles. The van der Waals surface area contributed by atoms with Gasteiger partial charge in [-0.2, -0.15) is 0 Å². The van der Waals surface area contributed by atoms with Gasteiger partial charge in [-0.15, -0.1) is 0 Å². The molecular formula is C40H26O8. The summed E-state index contributed by atoms with van der Waals surface area (Å²) in [5.41, 5.74) is 7.04. The highest BCUT2D eigenvalue weighted by molar-refractivity contribution is 6.04. The molecule has 8 nitrogen and oxygen atoms in total. The minimum Gasteiger partial charge on any atom is -0.478 e. The van der Waals surface area contributed by atoms with Gasteiger partial charge in [0.05, 0.1) is 22.3 Å². The summed E-state index contributed by atoms with van der Waals surface area (Å²) >= 11 is 0. The van der Waals surface area contributed by atoms with E-state index < -0.39 is 23.9 Å². The molecule has 0 bridgehead atoms. The van der Waals surface area contributed by atoms with Gasteiger partial charge in [-0.05, 0) is 79.9 Å². The molecule has 0 unspecified atom stereocenters. The molecular weight excluding hydrogens is 608 g/mol. The van der Waals surface area contributed by atoms with Crippen molar-refractivity contribution in [2.75, 3.05) is 0 Å². The van der Waals surface area contributed by atoms with Crippen LogP contribution in [0.25, 0.3) is 55.6 Å². The van der Waals surface area contributed by atoms with Crippen molar-refractivity contribution in [3.63, 3.8) is 0 Å². The molecule has 4 N–H and O–H groups in total. The summed E-state index contributed by atoms with van der Waals surface area (Å²) in [7, 11) is 0. The van der Waals surface area contributed by atoms with Crippen LogP contribution in [0.3, 0.4) is 0 Å². The first-order chi connectivity index (χ1) is 23.1. The largest absolute Gasteiger partial charge is 0.478 e. The molecule has 0 fully saturated rings. The fraction of sp³-hybridized carbons (Fsp3) is 0. The quantitative estimate of drug-likeness (QED) is 0.123. The van der Waals surface area contributed by atoms with E-state index in [1.54, 1.807) is 12.1 Å². The van der Waals surface area contributed by atoms with Gasteiger partial charge in [0.1, 0.15) is 0 Å². The molecule has 0 aromatic heterocycles. The van der Waals surface area contributed by atoms with Gasteiger partial charge in [0.2, 0.25) is 0 Å². The summed E-state index contributed by atoms with van der Waals surface area (Å²) < 4.78 is 0. The highest BCUT2D eigenvalue weighted by Gasteiger charge is 2.19. The monoisotopic (exact) mass is 634 g/mol. The summed E-state index contributed by atoms with van der Waals surface area (Å²) in [5, 5.41) is 38.0. The van der Waals surface area contributed by atoms with E-state index in [1.807, 2.05) is 97.1 Å². The number of carbonyl (C=O) groups is 4. The molecule has 234 valence electrons. The lowest BCUT2D eigenvalue weighted by atomic mass is 9.90. The minimum atomic E-state index is -1.31. The molecule has 0 aliphatic heterocycles. The molecule has 0 spiro atoms. The molecule has 0 aliphatic rings. The van der Waals surface area contributed by atoms with E-state index in [0.717, 1.165) is 44.5 Å². The predicted octanol–water partition coefficient (Wildman–Crippen LogP) is 8.81. The van der Waals surface area contributed by atoms with Crippen molar-refractivity contribution in [3.8, 4) is 55.6 Å². The number of rotatable bonds is 9. The van der Waals surface area contributed by atoms with E-state index in [-0.39, 0.29) is 22.3 Å². The summed E-state index contributed by atoms with van der Waals surface area (Å²) in [6, 6.07) is 39.5. The van der Waals surface area contributed by atoms with Gasteiger partial charge < -0.3 is 20.4 Å². The van der Waals surface area contributed by atoms with Crippen molar-refractivity contribution in [1.29, 1.82) is 0 Å². The Morgan fingerprint density at radius 2 is 0.542 bits per heavy atom. The van der Waals surface area contributed by atoms with Gasteiger partial charge in [-0.3, -0.25) is 0 Å². The molecule has 0 atom stereocenters. The van der Waals surface area contributed by atoms with Crippen LogP contribution in [0.5, 0.6) is 0 Å². The normalized spacial score (nSPS) is 10.8. The van der Waals surface area contributed by atoms with E-state index in [0.29, 0.717) is 11.1 Å². The van der Waals surface area contributed by atoms with Gasteiger partial charge >= 0.3 is 23.9 Å². The Bertz CT molecular complexity index is 2070. The summed E-state index contributed by atoms with van der Waals surface area (Å²) in [6.07, 6.45) is 0. The Morgan fingerprint density at radius 1 is 0.292 bits per heavy atom. The average Bonchev–Trinajstić information content (AvgIpc) is 3.11. The number of hydrogen-bond donors (Lipinski definition) is 4.